The lowest BCUT2D eigenvalue weighted by Gasteiger charge is -2.10. The Morgan fingerprint density at radius 1 is 1.27 bits per heavy atom. The van der Waals surface area contributed by atoms with Crippen molar-refractivity contribution in [3.05, 3.63) is 43.9 Å². The predicted octanol–water partition coefficient (Wildman–Crippen LogP) is 3.68. The molecule has 0 fully saturated rings. The molecule has 0 N–H and O–H groups in total. The molecule has 1 aromatic heterocycles. The molecule has 0 bridgehead atoms. The van der Waals surface area contributed by atoms with Crippen LogP contribution in [0, 0.1) is 3.01 Å². The fourth-order valence-electron chi connectivity index (χ4n) is 1.59. The number of benzene rings is 1. The van der Waals surface area contributed by atoms with Crippen molar-refractivity contribution in [2.45, 2.75) is 19.3 Å². The molecule has 0 aliphatic carbocycles. The number of hydrogen-bond acceptors (Lipinski definition) is 3. The van der Waals surface area contributed by atoms with Gasteiger partial charge in [0.1, 0.15) is 5.01 Å². The van der Waals surface area contributed by atoms with Gasteiger partial charge in [0.2, 0.25) is 0 Å². The lowest BCUT2D eigenvalue weighted by atomic mass is 9.97. The van der Waals surface area contributed by atoms with Gasteiger partial charge in [0.25, 0.3) is 0 Å². The zero-order valence-corrected chi connectivity index (χ0v) is 11.3. The number of nitrogens with zero attached hydrogens (tertiary/aromatic N) is 2. The third-order valence-corrected chi connectivity index (χ3v) is 4.03. The van der Waals surface area contributed by atoms with Crippen molar-refractivity contribution in [1.29, 1.82) is 0 Å². The molecule has 2 rings (SSSR count). The Morgan fingerprint density at radius 2 is 2.00 bits per heavy atom. The molecule has 1 aromatic carbocycles. The van der Waals surface area contributed by atoms with Crippen LogP contribution in [0.1, 0.15) is 29.8 Å². The van der Waals surface area contributed by atoms with E-state index in [1.54, 1.807) is 11.3 Å². The SMILES string of the molecule is CCC(c1ccccc1)c1nnc(I)s1. The van der Waals surface area contributed by atoms with Crippen LogP contribution in [0.25, 0.3) is 0 Å². The van der Waals surface area contributed by atoms with Gasteiger partial charge in [-0.25, -0.2) is 0 Å². The normalized spacial score (nSPS) is 12.7. The number of halogens is 1. The molecule has 4 heteroatoms. The lowest BCUT2D eigenvalue weighted by molar-refractivity contribution is 0.754. The van der Waals surface area contributed by atoms with Crippen molar-refractivity contribution < 1.29 is 0 Å². The van der Waals surface area contributed by atoms with Gasteiger partial charge in [0.05, 0.1) is 0 Å². The Kier molecular flexibility index (Phi) is 3.69. The van der Waals surface area contributed by atoms with E-state index in [0.717, 1.165) is 14.4 Å². The van der Waals surface area contributed by atoms with Crippen molar-refractivity contribution in [3.8, 4) is 0 Å². The first kappa shape index (κ1) is 11.0. The molecule has 0 amide bonds. The van der Waals surface area contributed by atoms with Crippen molar-refractivity contribution in [2.75, 3.05) is 0 Å². The van der Waals surface area contributed by atoms with E-state index in [1.165, 1.54) is 5.56 Å². The van der Waals surface area contributed by atoms with Gasteiger partial charge in [0, 0.05) is 5.92 Å². The van der Waals surface area contributed by atoms with Crippen LogP contribution in [0.5, 0.6) is 0 Å². The highest BCUT2D eigenvalue weighted by Crippen LogP contribution is 2.29. The topological polar surface area (TPSA) is 25.8 Å². The molecule has 0 saturated heterocycles. The molecular formula is C11H11IN2S. The molecule has 1 unspecified atom stereocenters. The van der Waals surface area contributed by atoms with E-state index in [0.29, 0.717) is 5.92 Å². The summed E-state index contributed by atoms with van der Waals surface area (Å²) >= 11 is 3.89. The maximum Gasteiger partial charge on any atom is 0.178 e. The quantitative estimate of drug-likeness (QED) is 0.803. The number of rotatable bonds is 3. The molecule has 0 radical (unpaired) electrons. The fraction of sp³-hybridized carbons (Fsp3) is 0.273. The van der Waals surface area contributed by atoms with Crippen LogP contribution in [0.15, 0.2) is 30.3 Å². The molecule has 0 aliphatic heterocycles. The van der Waals surface area contributed by atoms with Crippen LogP contribution < -0.4 is 0 Å². The van der Waals surface area contributed by atoms with E-state index in [4.69, 9.17) is 0 Å². The monoisotopic (exact) mass is 330 g/mol. The zero-order valence-electron chi connectivity index (χ0n) is 8.35. The molecule has 0 spiro atoms. The largest absolute Gasteiger partial charge is 0.178 e. The molecule has 2 nitrogen and oxygen atoms in total. The first-order chi connectivity index (χ1) is 7.31. The second kappa shape index (κ2) is 5.03. The Bertz CT molecular complexity index is 427. The standard InChI is InChI=1S/C11H11IN2S/c1-2-9(8-6-4-3-5-7-8)10-13-14-11(12)15-10/h3-7,9H,2H2,1H3. The number of hydrogen-bond donors (Lipinski definition) is 0. The number of aromatic nitrogens is 2. The van der Waals surface area contributed by atoms with Crippen molar-refractivity contribution >= 4 is 33.9 Å². The summed E-state index contributed by atoms with van der Waals surface area (Å²) in [7, 11) is 0. The molecule has 0 aliphatic rings. The smallest absolute Gasteiger partial charge is 0.142 e. The first-order valence-corrected chi connectivity index (χ1v) is 6.74. The highest BCUT2D eigenvalue weighted by molar-refractivity contribution is 14.1. The lowest BCUT2D eigenvalue weighted by Crippen LogP contribution is -1.98. The van der Waals surface area contributed by atoms with Crippen LogP contribution in [0.4, 0.5) is 0 Å². The minimum absolute atomic E-state index is 0.396. The van der Waals surface area contributed by atoms with E-state index in [9.17, 15) is 0 Å². The average Bonchev–Trinajstić information content (AvgIpc) is 2.68. The molecule has 78 valence electrons. The van der Waals surface area contributed by atoms with E-state index in [1.807, 2.05) is 6.07 Å². The van der Waals surface area contributed by atoms with Crippen molar-refractivity contribution in [2.24, 2.45) is 0 Å². The van der Waals surface area contributed by atoms with E-state index in [2.05, 4.69) is 64.0 Å². The Morgan fingerprint density at radius 3 is 2.53 bits per heavy atom. The fourth-order valence-corrected chi connectivity index (χ4v) is 3.16. The second-order valence-corrected chi connectivity index (χ2v) is 6.03. The first-order valence-electron chi connectivity index (χ1n) is 4.85. The van der Waals surface area contributed by atoms with Gasteiger partial charge < -0.3 is 0 Å². The predicted molar refractivity (Wildman–Crippen MR) is 71.2 cm³/mol. The molecule has 1 heterocycles. The maximum absolute atomic E-state index is 4.22. The molecule has 1 atom stereocenters. The van der Waals surface area contributed by atoms with Crippen LogP contribution >= 0.6 is 33.9 Å². The summed E-state index contributed by atoms with van der Waals surface area (Å²) < 4.78 is 1.01. The van der Waals surface area contributed by atoms with Crippen LogP contribution in [-0.4, -0.2) is 10.2 Å². The Hall–Kier alpha value is -0.490. The molecular weight excluding hydrogens is 319 g/mol. The van der Waals surface area contributed by atoms with Gasteiger partial charge in [0.15, 0.2) is 3.01 Å². The third kappa shape index (κ3) is 2.55. The van der Waals surface area contributed by atoms with Crippen LogP contribution in [0.3, 0.4) is 0 Å². The maximum atomic E-state index is 4.22. The highest BCUT2D eigenvalue weighted by atomic mass is 127. The van der Waals surface area contributed by atoms with Gasteiger partial charge in [-0.05, 0) is 34.6 Å². The summed E-state index contributed by atoms with van der Waals surface area (Å²) in [5.41, 5.74) is 1.33. The van der Waals surface area contributed by atoms with Crippen molar-refractivity contribution in [3.63, 3.8) is 0 Å². The summed E-state index contributed by atoms with van der Waals surface area (Å²) in [5, 5.41) is 9.41. The van der Waals surface area contributed by atoms with Crippen molar-refractivity contribution in [1.82, 2.24) is 10.2 Å². The van der Waals surface area contributed by atoms with Gasteiger partial charge in [-0.3, -0.25) is 0 Å². The molecule has 2 aromatic rings. The van der Waals surface area contributed by atoms with Gasteiger partial charge >= 0.3 is 0 Å². The minimum Gasteiger partial charge on any atom is -0.142 e. The zero-order chi connectivity index (χ0) is 10.7. The Labute approximate surface area is 107 Å². The summed E-state index contributed by atoms with van der Waals surface area (Å²) in [5.74, 6) is 0.396. The highest BCUT2D eigenvalue weighted by Gasteiger charge is 2.15. The second-order valence-electron chi connectivity index (χ2n) is 3.26. The Balaban J connectivity index is 2.33. The average molecular weight is 330 g/mol. The van der Waals surface area contributed by atoms with Gasteiger partial charge in [-0.2, -0.15) is 0 Å². The summed E-state index contributed by atoms with van der Waals surface area (Å²) in [6, 6.07) is 10.5. The molecule has 15 heavy (non-hydrogen) atoms. The van der Waals surface area contributed by atoms with E-state index >= 15 is 0 Å². The minimum atomic E-state index is 0.396. The van der Waals surface area contributed by atoms with Crippen LogP contribution in [0.2, 0.25) is 0 Å². The third-order valence-electron chi connectivity index (χ3n) is 2.32. The van der Waals surface area contributed by atoms with E-state index in [-0.39, 0.29) is 0 Å². The molecule has 0 saturated carbocycles. The summed E-state index contributed by atoms with van der Waals surface area (Å²) in [6.07, 6.45) is 1.06. The summed E-state index contributed by atoms with van der Waals surface area (Å²) in [4.78, 5) is 0. The van der Waals surface area contributed by atoms with Gasteiger partial charge in [-0.15, -0.1) is 10.2 Å². The van der Waals surface area contributed by atoms with E-state index < -0.39 is 0 Å². The summed E-state index contributed by atoms with van der Waals surface area (Å²) in [6.45, 7) is 2.19. The van der Waals surface area contributed by atoms with Crippen LogP contribution in [-0.2, 0) is 0 Å². The van der Waals surface area contributed by atoms with Gasteiger partial charge in [-0.1, -0.05) is 48.6 Å².